The van der Waals surface area contributed by atoms with Crippen molar-refractivity contribution in [2.24, 2.45) is 5.92 Å². The zero-order chi connectivity index (χ0) is 15.7. The Kier molecular flexibility index (Phi) is 7.31. The molecule has 118 valence electrons. The molecule has 7 nitrogen and oxygen atoms in total. The van der Waals surface area contributed by atoms with E-state index < -0.39 is 5.92 Å². The van der Waals surface area contributed by atoms with Crippen LogP contribution in [-0.2, 0) is 9.59 Å². The third-order valence-corrected chi connectivity index (χ3v) is 3.23. The highest BCUT2D eigenvalue weighted by molar-refractivity contribution is 5.80. The first-order valence-corrected chi connectivity index (χ1v) is 7.05. The normalized spacial score (nSPS) is 11.8. The molecule has 0 fully saturated rings. The fourth-order valence-corrected chi connectivity index (χ4v) is 1.98. The summed E-state index contributed by atoms with van der Waals surface area (Å²) in [5, 5.41) is 11.4. The molecule has 21 heavy (non-hydrogen) atoms. The Labute approximate surface area is 124 Å². The zero-order valence-corrected chi connectivity index (χ0v) is 12.5. The lowest BCUT2D eigenvalue weighted by molar-refractivity contribution is -0.154. The Hall–Kier alpha value is -2.02. The maximum Gasteiger partial charge on any atom is 0.243 e. The van der Waals surface area contributed by atoms with Crippen molar-refractivity contribution in [1.29, 1.82) is 0 Å². The SMILES string of the molecule is CCCCCC(CN(O)C=O)C(=O)NN(C)c1ccoc1. The molecule has 2 N–H and O–H groups in total. The minimum absolute atomic E-state index is 0.0156. The van der Waals surface area contributed by atoms with Gasteiger partial charge in [0.15, 0.2) is 0 Å². The van der Waals surface area contributed by atoms with E-state index in [9.17, 15) is 14.8 Å². The van der Waals surface area contributed by atoms with Crippen LogP contribution in [0.5, 0.6) is 0 Å². The quantitative estimate of drug-likeness (QED) is 0.297. The minimum Gasteiger partial charge on any atom is -0.470 e. The van der Waals surface area contributed by atoms with Gasteiger partial charge in [0.1, 0.15) is 6.26 Å². The van der Waals surface area contributed by atoms with E-state index in [-0.39, 0.29) is 12.5 Å². The van der Waals surface area contributed by atoms with Crippen LogP contribution in [0.15, 0.2) is 23.0 Å². The van der Waals surface area contributed by atoms with Crippen molar-refractivity contribution in [3.63, 3.8) is 0 Å². The predicted octanol–water partition coefficient (Wildman–Crippen LogP) is 1.79. The summed E-state index contributed by atoms with van der Waals surface area (Å²) in [6, 6.07) is 1.72. The van der Waals surface area contributed by atoms with Crippen molar-refractivity contribution in [1.82, 2.24) is 10.5 Å². The average molecular weight is 297 g/mol. The van der Waals surface area contributed by atoms with Crippen molar-refractivity contribution < 1.29 is 19.2 Å². The van der Waals surface area contributed by atoms with Gasteiger partial charge in [0.2, 0.25) is 12.3 Å². The summed E-state index contributed by atoms with van der Waals surface area (Å²) in [6.45, 7) is 2.06. The van der Waals surface area contributed by atoms with Crippen LogP contribution < -0.4 is 10.4 Å². The molecule has 0 aliphatic rings. The largest absolute Gasteiger partial charge is 0.470 e. The topological polar surface area (TPSA) is 86.0 Å². The number of unbranched alkanes of at least 4 members (excludes halogenated alkanes) is 2. The van der Waals surface area contributed by atoms with Gasteiger partial charge in [-0.25, -0.2) is 5.06 Å². The smallest absolute Gasteiger partial charge is 0.243 e. The van der Waals surface area contributed by atoms with E-state index in [4.69, 9.17) is 4.42 Å². The van der Waals surface area contributed by atoms with Crippen LogP contribution in [0.1, 0.15) is 32.6 Å². The average Bonchev–Trinajstić information content (AvgIpc) is 3.00. The van der Waals surface area contributed by atoms with Crippen LogP contribution in [-0.4, -0.2) is 36.2 Å². The highest BCUT2D eigenvalue weighted by atomic mass is 16.5. The molecule has 0 saturated heterocycles. The summed E-state index contributed by atoms with van der Waals surface area (Å²) in [5.41, 5.74) is 3.43. The molecular formula is C14H23N3O4. The predicted molar refractivity (Wildman–Crippen MR) is 77.4 cm³/mol. The Morgan fingerprint density at radius 1 is 1.52 bits per heavy atom. The number of rotatable bonds is 10. The number of amides is 2. The molecule has 0 aliphatic carbocycles. The van der Waals surface area contributed by atoms with Gasteiger partial charge in [0.25, 0.3) is 0 Å². The number of carbonyl (C=O) groups is 2. The second-order valence-corrected chi connectivity index (χ2v) is 4.94. The Bertz CT molecular complexity index is 422. The minimum atomic E-state index is -0.457. The van der Waals surface area contributed by atoms with Crippen LogP contribution in [0.25, 0.3) is 0 Å². The fourth-order valence-electron chi connectivity index (χ4n) is 1.98. The molecule has 2 amide bonds. The van der Waals surface area contributed by atoms with Crippen LogP contribution >= 0.6 is 0 Å². The maximum absolute atomic E-state index is 12.3. The summed E-state index contributed by atoms with van der Waals surface area (Å²) >= 11 is 0. The van der Waals surface area contributed by atoms with Crippen LogP contribution in [0, 0.1) is 5.92 Å². The molecule has 1 atom stereocenters. The van der Waals surface area contributed by atoms with E-state index in [1.165, 1.54) is 12.5 Å². The molecular weight excluding hydrogens is 274 g/mol. The number of furan rings is 1. The van der Waals surface area contributed by atoms with Gasteiger partial charge in [-0.1, -0.05) is 26.2 Å². The molecule has 0 saturated carbocycles. The van der Waals surface area contributed by atoms with E-state index >= 15 is 0 Å². The number of hydrazine groups is 1. The van der Waals surface area contributed by atoms with E-state index in [2.05, 4.69) is 12.3 Å². The van der Waals surface area contributed by atoms with Gasteiger partial charge in [-0.05, 0) is 6.42 Å². The van der Waals surface area contributed by atoms with Crippen molar-refractivity contribution in [3.8, 4) is 0 Å². The zero-order valence-electron chi connectivity index (χ0n) is 12.5. The molecule has 1 unspecified atom stereocenters. The number of carbonyl (C=O) groups excluding carboxylic acids is 2. The number of hydrogen-bond donors (Lipinski definition) is 2. The van der Waals surface area contributed by atoms with E-state index in [1.807, 2.05) is 0 Å². The second-order valence-electron chi connectivity index (χ2n) is 4.94. The maximum atomic E-state index is 12.3. The Balaban J connectivity index is 2.58. The van der Waals surface area contributed by atoms with Crippen LogP contribution in [0.4, 0.5) is 5.69 Å². The first-order chi connectivity index (χ1) is 10.1. The van der Waals surface area contributed by atoms with Crippen molar-refractivity contribution >= 4 is 18.0 Å². The molecule has 1 aromatic heterocycles. The molecule has 1 heterocycles. The monoisotopic (exact) mass is 297 g/mol. The van der Waals surface area contributed by atoms with Crippen molar-refractivity contribution in [2.45, 2.75) is 32.6 Å². The first-order valence-electron chi connectivity index (χ1n) is 7.05. The van der Waals surface area contributed by atoms with Gasteiger partial charge >= 0.3 is 0 Å². The van der Waals surface area contributed by atoms with Gasteiger partial charge in [0, 0.05) is 13.1 Å². The number of nitrogens with one attached hydrogen (secondary N) is 1. The summed E-state index contributed by atoms with van der Waals surface area (Å²) in [6.07, 6.45) is 6.86. The molecule has 0 aliphatic heterocycles. The van der Waals surface area contributed by atoms with Crippen molar-refractivity contribution in [2.75, 3.05) is 18.6 Å². The molecule has 0 spiro atoms. The van der Waals surface area contributed by atoms with Gasteiger partial charge in [-0.3, -0.25) is 25.2 Å². The summed E-state index contributed by atoms with van der Waals surface area (Å²) in [4.78, 5) is 22.8. The molecule has 0 aromatic carbocycles. The lowest BCUT2D eigenvalue weighted by atomic mass is 10.0. The van der Waals surface area contributed by atoms with Gasteiger partial charge in [0.05, 0.1) is 24.4 Å². The molecule has 1 aromatic rings. The van der Waals surface area contributed by atoms with Crippen LogP contribution in [0.3, 0.4) is 0 Å². The standard InChI is InChI=1S/C14H23N3O4/c1-3-4-5-6-12(9-17(20)11-18)14(19)15-16(2)13-7-8-21-10-13/h7-8,10-12,20H,3-6,9H2,1-2H3,(H,15,19). The number of hydrogen-bond acceptors (Lipinski definition) is 5. The van der Waals surface area contributed by atoms with Crippen molar-refractivity contribution in [3.05, 3.63) is 18.6 Å². The number of nitrogens with zero attached hydrogens (tertiary/aromatic N) is 2. The third-order valence-electron chi connectivity index (χ3n) is 3.23. The molecule has 0 bridgehead atoms. The van der Waals surface area contributed by atoms with Gasteiger partial charge in [-0.15, -0.1) is 0 Å². The Morgan fingerprint density at radius 2 is 2.29 bits per heavy atom. The van der Waals surface area contributed by atoms with Gasteiger partial charge < -0.3 is 4.42 Å². The summed E-state index contributed by atoms with van der Waals surface area (Å²) in [7, 11) is 1.70. The fraction of sp³-hybridized carbons (Fsp3) is 0.571. The third kappa shape index (κ3) is 5.86. The second kappa shape index (κ2) is 9.02. The van der Waals surface area contributed by atoms with E-state index in [0.717, 1.165) is 19.3 Å². The van der Waals surface area contributed by atoms with Gasteiger partial charge in [-0.2, -0.15) is 0 Å². The molecule has 1 rings (SSSR count). The number of anilines is 1. The molecule has 7 heteroatoms. The summed E-state index contributed by atoms with van der Waals surface area (Å²) < 4.78 is 4.95. The highest BCUT2D eigenvalue weighted by Gasteiger charge is 2.22. The first kappa shape index (κ1) is 17.0. The highest BCUT2D eigenvalue weighted by Crippen LogP contribution is 2.14. The number of hydroxylamine groups is 2. The van der Waals surface area contributed by atoms with E-state index in [0.29, 0.717) is 23.6 Å². The lowest BCUT2D eigenvalue weighted by Gasteiger charge is -2.24. The lowest BCUT2D eigenvalue weighted by Crippen LogP contribution is -2.45. The van der Waals surface area contributed by atoms with Crippen LogP contribution in [0.2, 0.25) is 0 Å². The summed E-state index contributed by atoms with van der Waals surface area (Å²) in [5.74, 6) is -0.697. The Morgan fingerprint density at radius 3 is 2.86 bits per heavy atom. The van der Waals surface area contributed by atoms with E-state index in [1.54, 1.807) is 18.1 Å². The molecule has 0 radical (unpaired) electrons.